The van der Waals surface area contributed by atoms with E-state index in [2.05, 4.69) is 12.0 Å². The highest BCUT2D eigenvalue weighted by molar-refractivity contribution is 5.25. The fraction of sp³-hybridized carbons (Fsp3) is 0.250. The molecule has 0 N–H and O–H groups in total. The molecule has 11 heavy (non-hydrogen) atoms. The predicted octanol–water partition coefficient (Wildman–Crippen LogP) is 0.642. The van der Waals surface area contributed by atoms with E-state index in [1.54, 1.807) is 0 Å². The first-order chi connectivity index (χ1) is 5.40. The Bertz CT molecular complexity index is 331. The second kappa shape index (κ2) is 2.34. The van der Waals surface area contributed by atoms with Crippen molar-refractivity contribution in [3.63, 3.8) is 0 Å². The number of nitrogens with zero attached hydrogens (tertiary/aromatic N) is 3. The van der Waals surface area contributed by atoms with Crippen LogP contribution in [-0.4, -0.2) is 9.78 Å². The number of hydrogen-bond acceptors (Lipinski definition) is 1. The second-order valence-electron chi connectivity index (χ2n) is 2.44. The summed E-state index contributed by atoms with van der Waals surface area (Å²) in [5.74, 6) is 0. The van der Waals surface area contributed by atoms with Crippen molar-refractivity contribution in [2.24, 2.45) is 0 Å². The van der Waals surface area contributed by atoms with E-state index >= 15 is 0 Å². The van der Waals surface area contributed by atoms with Crippen molar-refractivity contribution in [2.45, 2.75) is 13.5 Å². The molecular formula is C8H10N3+. The van der Waals surface area contributed by atoms with Crippen molar-refractivity contribution in [1.82, 2.24) is 9.78 Å². The fourth-order valence-electron chi connectivity index (χ4n) is 1.08. The van der Waals surface area contributed by atoms with Gasteiger partial charge in [-0.05, 0) is 13.0 Å². The summed E-state index contributed by atoms with van der Waals surface area (Å²) in [6.45, 7) is 2.99. The van der Waals surface area contributed by atoms with Crippen LogP contribution >= 0.6 is 0 Å². The Morgan fingerprint density at radius 1 is 1.55 bits per heavy atom. The monoisotopic (exact) mass is 148 g/mol. The molecule has 3 heteroatoms. The van der Waals surface area contributed by atoms with Crippen LogP contribution in [0.2, 0.25) is 0 Å². The van der Waals surface area contributed by atoms with Crippen LogP contribution < -0.4 is 4.40 Å². The Morgan fingerprint density at radius 3 is 3.18 bits per heavy atom. The molecule has 0 atom stereocenters. The minimum atomic E-state index is 0.918. The smallest absolute Gasteiger partial charge is 0.204 e. The fourth-order valence-corrected chi connectivity index (χ4v) is 1.08. The van der Waals surface area contributed by atoms with Gasteiger partial charge in [-0.25, -0.2) is 4.40 Å². The van der Waals surface area contributed by atoms with Crippen molar-refractivity contribution < 1.29 is 4.40 Å². The van der Waals surface area contributed by atoms with Gasteiger partial charge in [0.2, 0.25) is 6.33 Å². The lowest BCUT2D eigenvalue weighted by atomic mass is 10.5. The van der Waals surface area contributed by atoms with Crippen LogP contribution in [0.3, 0.4) is 0 Å². The van der Waals surface area contributed by atoms with Gasteiger partial charge in [0.25, 0.3) is 0 Å². The molecule has 0 unspecified atom stereocenters. The molecule has 0 spiro atoms. The maximum atomic E-state index is 4.31. The summed E-state index contributed by atoms with van der Waals surface area (Å²) < 4.78 is 3.92. The molecule has 56 valence electrons. The number of aromatic nitrogens is 3. The van der Waals surface area contributed by atoms with Gasteiger partial charge in [-0.1, -0.05) is 6.07 Å². The molecule has 2 aromatic rings. The molecule has 0 aliphatic rings. The lowest BCUT2D eigenvalue weighted by molar-refractivity contribution is -0.513. The highest BCUT2D eigenvalue weighted by Crippen LogP contribution is 1.89. The maximum absolute atomic E-state index is 4.31. The molecule has 0 saturated carbocycles. The summed E-state index contributed by atoms with van der Waals surface area (Å²) in [6.07, 6.45) is 3.98. The van der Waals surface area contributed by atoms with E-state index in [0.717, 1.165) is 12.2 Å². The lowest BCUT2D eigenvalue weighted by Gasteiger charge is -1.77. The Labute approximate surface area is 64.9 Å². The van der Waals surface area contributed by atoms with Crippen LogP contribution in [0, 0.1) is 0 Å². The van der Waals surface area contributed by atoms with Gasteiger partial charge in [0, 0.05) is 11.2 Å². The van der Waals surface area contributed by atoms with Crippen molar-refractivity contribution in [3.05, 3.63) is 30.7 Å². The second-order valence-corrected chi connectivity index (χ2v) is 2.44. The zero-order valence-electron chi connectivity index (χ0n) is 6.44. The molecule has 0 amide bonds. The quantitative estimate of drug-likeness (QED) is 0.544. The molecule has 0 aliphatic heterocycles. The van der Waals surface area contributed by atoms with Crippen LogP contribution in [0.5, 0.6) is 0 Å². The third-order valence-electron chi connectivity index (χ3n) is 1.68. The van der Waals surface area contributed by atoms with Gasteiger partial charge in [-0.3, -0.25) is 0 Å². The van der Waals surface area contributed by atoms with E-state index in [1.807, 2.05) is 39.8 Å². The number of fused-ring (bicyclic) bond motifs is 1. The molecule has 2 heterocycles. The van der Waals surface area contributed by atoms with E-state index in [4.69, 9.17) is 0 Å². The van der Waals surface area contributed by atoms with E-state index in [1.165, 1.54) is 0 Å². The standard InChI is InChI=1S/C8H10N3/c1-2-11-7-10-6-4-3-5-8(10)9-11/h3-7H,2H2,1H3/q+1. The van der Waals surface area contributed by atoms with E-state index in [9.17, 15) is 0 Å². The minimum absolute atomic E-state index is 0.918. The van der Waals surface area contributed by atoms with Gasteiger partial charge >= 0.3 is 5.65 Å². The summed E-state index contributed by atoms with van der Waals surface area (Å²) in [7, 11) is 0. The molecule has 0 aliphatic carbocycles. The Kier molecular flexibility index (Phi) is 1.35. The summed E-state index contributed by atoms with van der Waals surface area (Å²) in [4.78, 5) is 0. The first-order valence-electron chi connectivity index (χ1n) is 3.73. The Morgan fingerprint density at radius 2 is 2.45 bits per heavy atom. The Balaban J connectivity index is 2.69. The van der Waals surface area contributed by atoms with Crippen molar-refractivity contribution in [1.29, 1.82) is 0 Å². The van der Waals surface area contributed by atoms with Gasteiger partial charge in [0.1, 0.15) is 6.54 Å². The summed E-state index contributed by atoms with van der Waals surface area (Å²) in [5, 5.41) is 4.31. The SMILES string of the molecule is CCn1c[n+]2ccccc2n1. The van der Waals surface area contributed by atoms with E-state index < -0.39 is 0 Å². The average molecular weight is 148 g/mol. The molecule has 0 saturated heterocycles. The average Bonchev–Trinajstić information content (AvgIpc) is 2.46. The largest absolute Gasteiger partial charge is 0.305 e. The van der Waals surface area contributed by atoms with Gasteiger partial charge in [0.05, 0.1) is 6.20 Å². The topological polar surface area (TPSA) is 21.9 Å². The van der Waals surface area contributed by atoms with Gasteiger partial charge in [-0.2, -0.15) is 0 Å². The normalized spacial score (nSPS) is 10.6. The zero-order chi connectivity index (χ0) is 7.68. The third kappa shape index (κ3) is 0.981. The zero-order valence-corrected chi connectivity index (χ0v) is 6.44. The number of rotatable bonds is 1. The number of hydrogen-bond donors (Lipinski definition) is 0. The first kappa shape index (κ1) is 6.34. The predicted molar refractivity (Wildman–Crippen MR) is 41.1 cm³/mol. The van der Waals surface area contributed by atoms with Crippen LogP contribution in [0.1, 0.15) is 6.92 Å². The van der Waals surface area contributed by atoms with Crippen molar-refractivity contribution in [3.8, 4) is 0 Å². The lowest BCUT2D eigenvalue weighted by Crippen LogP contribution is -2.16. The van der Waals surface area contributed by atoms with Crippen LogP contribution in [-0.2, 0) is 6.54 Å². The van der Waals surface area contributed by atoms with Gasteiger partial charge in [-0.15, -0.1) is 4.68 Å². The molecule has 0 bridgehead atoms. The van der Waals surface area contributed by atoms with Crippen molar-refractivity contribution in [2.75, 3.05) is 0 Å². The van der Waals surface area contributed by atoms with E-state index in [0.29, 0.717) is 0 Å². The number of aryl methyl sites for hydroxylation is 1. The van der Waals surface area contributed by atoms with Crippen LogP contribution in [0.15, 0.2) is 30.7 Å². The molecule has 2 rings (SSSR count). The summed E-state index contributed by atoms with van der Waals surface area (Å²) in [5.41, 5.74) is 0.995. The molecule has 0 aromatic carbocycles. The van der Waals surface area contributed by atoms with Gasteiger partial charge < -0.3 is 0 Å². The maximum Gasteiger partial charge on any atom is 0.305 e. The molecular weight excluding hydrogens is 138 g/mol. The Hall–Kier alpha value is -1.38. The first-order valence-corrected chi connectivity index (χ1v) is 3.73. The highest BCUT2D eigenvalue weighted by atomic mass is 15.3. The van der Waals surface area contributed by atoms with E-state index in [-0.39, 0.29) is 0 Å². The third-order valence-corrected chi connectivity index (χ3v) is 1.68. The number of pyridine rings is 1. The highest BCUT2D eigenvalue weighted by Gasteiger charge is 2.04. The van der Waals surface area contributed by atoms with Crippen molar-refractivity contribution >= 4 is 5.65 Å². The molecule has 0 radical (unpaired) electrons. The molecule has 2 aromatic heterocycles. The molecule has 3 nitrogen and oxygen atoms in total. The molecule has 0 fully saturated rings. The summed E-state index contributed by atoms with van der Waals surface area (Å²) >= 11 is 0. The minimum Gasteiger partial charge on any atom is -0.204 e. The summed E-state index contributed by atoms with van der Waals surface area (Å²) in [6, 6.07) is 5.98. The van der Waals surface area contributed by atoms with Crippen LogP contribution in [0.4, 0.5) is 0 Å². The van der Waals surface area contributed by atoms with Crippen LogP contribution in [0.25, 0.3) is 5.65 Å². The van der Waals surface area contributed by atoms with Gasteiger partial charge in [0.15, 0.2) is 0 Å².